The zero-order valence-electron chi connectivity index (χ0n) is 21.0. The summed E-state index contributed by atoms with van der Waals surface area (Å²) >= 11 is 0. The predicted molar refractivity (Wildman–Crippen MR) is 137 cm³/mol. The molecule has 210 valence electrons. The van der Waals surface area contributed by atoms with E-state index in [1.165, 1.54) is 24.3 Å². The number of aryl methyl sites for hydroxylation is 3. The van der Waals surface area contributed by atoms with Crippen molar-refractivity contribution in [3.63, 3.8) is 0 Å². The minimum absolute atomic E-state index is 0.163. The number of carbonyl (C=O) groups excluding carboxylic acids is 1. The Balaban J connectivity index is 1.40. The van der Waals surface area contributed by atoms with Crippen LogP contribution in [0.15, 0.2) is 54.6 Å². The van der Waals surface area contributed by atoms with Gasteiger partial charge in [-0.15, -0.1) is 0 Å². The Morgan fingerprint density at radius 3 is 2.52 bits per heavy atom. The summed E-state index contributed by atoms with van der Waals surface area (Å²) in [6, 6.07) is 10.8. The topological polar surface area (TPSA) is 139 Å². The third-order valence-corrected chi connectivity index (χ3v) is 5.83. The summed E-state index contributed by atoms with van der Waals surface area (Å²) in [6.45, 7) is 1.56. The maximum absolute atomic E-state index is 14.5. The fourth-order valence-corrected chi connectivity index (χ4v) is 4.04. The second-order valence-corrected chi connectivity index (χ2v) is 10.2. The Bertz CT molecular complexity index is 1660. The molecule has 4 aromatic rings. The fraction of sp³-hybridized carbons (Fsp3) is 0.200. The molecule has 1 amide bonds. The van der Waals surface area contributed by atoms with Crippen LogP contribution in [0.5, 0.6) is 5.88 Å². The summed E-state index contributed by atoms with van der Waals surface area (Å²) in [5.41, 5.74) is -0.0337. The summed E-state index contributed by atoms with van der Waals surface area (Å²) in [6.07, 6.45) is -3.17. The van der Waals surface area contributed by atoms with Crippen LogP contribution in [0.25, 0.3) is 0 Å². The van der Waals surface area contributed by atoms with Crippen LogP contribution in [-0.4, -0.2) is 40.7 Å². The highest BCUT2D eigenvalue weighted by Crippen LogP contribution is 2.30. The van der Waals surface area contributed by atoms with E-state index in [1.54, 1.807) is 13.0 Å². The van der Waals surface area contributed by atoms with Gasteiger partial charge in [0.2, 0.25) is 5.88 Å². The number of H-pyrrole nitrogens is 1. The lowest BCUT2D eigenvalue weighted by molar-refractivity contribution is -0.137. The number of hydrogen-bond acceptors (Lipinski definition) is 8. The third-order valence-electron chi connectivity index (χ3n) is 5.36. The van der Waals surface area contributed by atoms with Gasteiger partial charge in [0.1, 0.15) is 17.5 Å². The van der Waals surface area contributed by atoms with Crippen molar-refractivity contribution in [2.75, 3.05) is 16.9 Å². The van der Waals surface area contributed by atoms with Crippen molar-refractivity contribution < 1.29 is 35.0 Å². The number of aromatic nitrogens is 4. The van der Waals surface area contributed by atoms with Crippen molar-refractivity contribution in [2.45, 2.75) is 25.9 Å². The SMILES string of the molecule is Cc1nc(Nc2cc(CCc3cc(NC(=O)c4cccc(C(F)(F)F)c4)ccc3F)[nH]n2)cc(OS(C)(=O)=O)n1. The Morgan fingerprint density at radius 1 is 1.02 bits per heavy atom. The monoisotopic (exact) mass is 578 g/mol. The first-order valence-electron chi connectivity index (χ1n) is 11.6. The van der Waals surface area contributed by atoms with E-state index in [4.69, 9.17) is 4.18 Å². The minimum Gasteiger partial charge on any atom is -0.362 e. The van der Waals surface area contributed by atoms with Crippen molar-refractivity contribution in [2.24, 2.45) is 0 Å². The molecule has 0 aliphatic rings. The Labute approximate surface area is 226 Å². The van der Waals surface area contributed by atoms with Crippen LogP contribution < -0.4 is 14.8 Å². The first-order valence-corrected chi connectivity index (χ1v) is 13.4. The van der Waals surface area contributed by atoms with Gasteiger partial charge in [0.25, 0.3) is 5.91 Å². The molecule has 0 spiro atoms. The number of benzene rings is 2. The van der Waals surface area contributed by atoms with Gasteiger partial charge in [0.05, 0.1) is 11.8 Å². The number of nitrogens with one attached hydrogen (secondary N) is 3. The van der Waals surface area contributed by atoms with E-state index in [-0.39, 0.29) is 40.8 Å². The highest BCUT2D eigenvalue weighted by Gasteiger charge is 2.31. The summed E-state index contributed by atoms with van der Waals surface area (Å²) in [5, 5.41) is 12.3. The average molecular weight is 579 g/mol. The summed E-state index contributed by atoms with van der Waals surface area (Å²) in [5.74, 6) is -0.609. The molecule has 0 atom stereocenters. The molecule has 3 N–H and O–H groups in total. The van der Waals surface area contributed by atoms with E-state index >= 15 is 0 Å². The van der Waals surface area contributed by atoms with Gasteiger partial charge in [-0.2, -0.15) is 31.7 Å². The van der Waals surface area contributed by atoms with E-state index < -0.39 is 33.6 Å². The van der Waals surface area contributed by atoms with Crippen molar-refractivity contribution >= 4 is 33.3 Å². The molecule has 0 saturated carbocycles. The van der Waals surface area contributed by atoms with Gasteiger partial charge < -0.3 is 14.8 Å². The number of carbonyl (C=O) groups is 1. The lowest BCUT2D eigenvalue weighted by Gasteiger charge is -2.11. The van der Waals surface area contributed by atoms with Crippen LogP contribution in [0.3, 0.4) is 0 Å². The van der Waals surface area contributed by atoms with Crippen molar-refractivity contribution in [3.8, 4) is 5.88 Å². The van der Waals surface area contributed by atoms with Gasteiger partial charge in [-0.1, -0.05) is 6.07 Å². The van der Waals surface area contributed by atoms with Crippen LogP contribution in [0.4, 0.5) is 34.9 Å². The highest BCUT2D eigenvalue weighted by molar-refractivity contribution is 7.86. The molecule has 0 unspecified atom stereocenters. The van der Waals surface area contributed by atoms with E-state index in [9.17, 15) is 30.8 Å². The smallest absolute Gasteiger partial charge is 0.362 e. The van der Waals surface area contributed by atoms with Crippen molar-refractivity contribution in [1.82, 2.24) is 20.2 Å². The third kappa shape index (κ3) is 7.75. The summed E-state index contributed by atoms with van der Waals surface area (Å²) in [7, 11) is -3.78. The number of nitrogens with zero attached hydrogens (tertiary/aromatic N) is 3. The molecule has 2 aromatic heterocycles. The molecule has 0 aliphatic carbocycles. The molecule has 4 rings (SSSR count). The van der Waals surface area contributed by atoms with Crippen LogP contribution >= 0.6 is 0 Å². The first-order chi connectivity index (χ1) is 18.7. The van der Waals surface area contributed by atoms with Gasteiger partial charge in [0.15, 0.2) is 5.82 Å². The maximum atomic E-state index is 14.5. The molecule has 2 aromatic carbocycles. The Hall–Kier alpha value is -4.53. The molecule has 0 radical (unpaired) electrons. The first kappa shape index (κ1) is 28.5. The average Bonchev–Trinajstić information content (AvgIpc) is 3.29. The van der Waals surface area contributed by atoms with Crippen LogP contribution in [0.1, 0.15) is 33.0 Å². The Morgan fingerprint density at radius 2 is 1.80 bits per heavy atom. The zero-order chi connectivity index (χ0) is 29.1. The standard InChI is InChI=1S/C25H22F4N6O4S/c1-14-30-21(13-23(31-14)39-40(2,37)38)33-22-12-19(34-35-22)7-6-15-11-18(8-9-20(15)26)32-24(36)16-4-3-5-17(10-16)25(27,28)29/h3-5,8-13H,6-7H2,1-2H3,(H,32,36)(H2,30,31,33,34,35). The molecule has 2 heterocycles. The van der Waals surface area contributed by atoms with Crippen LogP contribution in [0, 0.1) is 12.7 Å². The van der Waals surface area contributed by atoms with E-state index in [0.29, 0.717) is 17.9 Å². The maximum Gasteiger partial charge on any atom is 0.416 e. The number of rotatable bonds is 9. The van der Waals surface area contributed by atoms with Gasteiger partial charge in [-0.25, -0.2) is 9.37 Å². The zero-order valence-corrected chi connectivity index (χ0v) is 21.8. The van der Waals surface area contributed by atoms with Gasteiger partial charge >= 0.3 is 16.3 Å². The molecular formula is C25H22F4N6O4S. The van der Waals surface area contributed by atoms with Crippen LogP contribution in [0.2, 0.25) is 0 Å². The van der Waals surface area contributed by atoms with Gasteiger partial charge in [-0.05, 0) is 61.7 Å². The molecule has 15 heteroatoms. The van der Waals surface area contributed by atoms with Crippen molar-refractivity contribution in [1.29, 1.82) is 0 Å². The van der Waals surface area contributed by atoms with E-state index in [2.05, 4.69) is 30.8 Å². The number of amides is 1. The van der Waals surface area contributed by atoms with E-state index in [0.717, 1.165) is 30.5 Å². The lowest BCUT2D eigenvalue weighted by Crippen LogP contribution is -2.14. The summed E-state index contributed by atoms with van der Waals surface area (Å²) in [4.78, 5) is 20.6. The molecule has 10 nitrogen and oxygen atoms in total. The van der Waals surface area contributed by atoms with Gasteiger partial charge in [0, 0.05) is 29.1 Å². The van der Waals surface area contributed by atoms with Gasteiger partial charge in [-0.3, -0.25) is 9.89 Å². The number of hydrogen-bond donors (Lipinski definition) is 3. The van der Waals surface area contributed by atoms with Crippen molar-refractivity contribution in [3.05, 3.63) is 88.6 Å². The number of anilines is 3. The second kappa shape index (κ2) is 11.3. The summed E-state index contributed by atoms with van der Waals surface area (Å²) < 4.78 is 80.9. The number of alkyl halides is 3. The highest BCUT2D eigenvalue weighted by atomic mass is 32.2. The molecule has 0 fully saturated rings. The number of aromatic amines is 1. The van der Waals surface area contributed by atoms with E-state index in [1.807, 2.05) is 0 Å². The fourth-order valence-electron chi connectivity index (χ4n) is 3.64. The Kier molecular flexibility index (Phi) is 8.04. The molecule has 0 aliphatic heterocycles. The van der Waals surface area contributed by atoms with Crippen LogP contribution in [-0.2, 0) is 29.1 Å². The quantitative estimate of drug-likeness (QED) is 0.190. The lowest BCUT2D eigenvalue weighted by atomic mass is 10.1. The minimum atomic E-state index is -4.59. The molecule has 0 bridgehead atoms. The largest absolute Gasteiger partial charge is 0.416 e. The second-order valence-electron chi connectivity index (χ2n) is 8.67. The molecular weight excluding hydrogens is 556 g/mol. The number of halogens is 4. The molecule has 40 heavy (non-hydrogen) atoms. The molecule has 0 saturated heterocycles. The predicted octanol–water partition coefficient (Wildman–Crippen LogP) is 4.79. The normalized spacial score (nSPS) is 11.8.